The van der Waals surface area contributed by atoms with Crippen molar-refractivity contribution in [2.24, 2.45) is 0 Å². The Balaban J connectivity index is 2.98. The Kier molecular flexibility index (Phi) is 3.24. The Morgan fingerprint density at radius 1 is 1.35 bits per heavy atom. The van der Waals surface area contributed by atoms with Gasteiger partial charge in [-0.05, 0) is 34.6 Å². The topological polar surface area (TPSA) is 87.1 Å². The molecule has 1 aliphatic heterocycles. The number of aliphatic hydroxyl groups excluding tert-OH is 2. The van der Waals surface area contributed by atoms with E-state index in [9.17, 15) is 19.8 Å². The zero-order valence-electron chi connectivity index (χ0n) is 10.7. The monoisotopic (exact) mass is 245 g/mol. The van der Waals surface area contributed by atoms with Gasteiger partial charge in [0.2, 0.25) is 0 Å². The van der Waals surface area contributed by atoms with Gasteiger partial charge in [0.25, 0.3) is 5.91 Å². The number of hydrogen-bond donors (Lipinski definition) is 2. The van der Waals surface area contributed by atoms with E-state index in [1.165, 1.54) is 13.8 Å². The highest BCUT2D eigenvalue weighted by Gasteiger charge is 2.56. The fourth-order valence-electron chi connectivity index (χ4n) is 1.70. The molecule has 1 fully saturated rings. The van der Waals surface area contributed by atoms with Gasteiger partial charge >= 0.3 is 6.09 Å². The Labute approximate surface area is 100 Å². The second-order valence-electron chi connectivity index (χ2n) is 5.70. The van der Waals surface area contributed by atoms with Crippen LogP contribution in [0.15, 0.2) is 0 Å². The van der Waals surface area contributed by atoms with Gasteiger partial charge < -0.3 is 14.9 Å². The van der Waals surface area contributed by atoms with Crippen LogP contribution in [-0.4, -0.2) is 50.5 Å². The molecule has 0 bridgehead atoms. The van der Waals surface area contributed by atoms with Gasteiger partial charge in [-0.2, -0.15) is 0 Å². The third-order valence-electron chi connectivity index (χ3n) is 2.65. The van der Waals surface area contributed by atoms with E-state index in [2.05, 4.69) is 0 Å². The first-order valence-corrected chi connectivity index (χ1v) is 5.41. The van der Waals surface area contributed by atoms with Crippen LogP contribution in [0.5, 0.6) is 0 Å². The standard InChI is InChI=1S/C11H19NO5/c1-10(2,3)17-9(16)12-8(15)6(13)7(14)11(12,4)5/h6-7,13-14H,1-5H3. The lowest BCUT2D eigenvalue weighted by molar-refractivity contribution is -0.135. The lowest BCUT2D eigenvalue weighted by Gasteiger charge is -2.33. The van der Waals surface area contributed by atoms with Gasteiger partial charge in [0.1, 0.15) is 11.7 Å². The van der Waals surface area contributed by atoms with E-state index in [-0.39, 0.29) is 0 Å². The maximum absolute atomic E-state index is 11.8. The van der Waals surface area contributed by atoms with E-state index < -0.39 is 35.3 Å². The van der Waals surface area contributed by atoms with Crippen LogP contribution in [0.4, 0.5) is 4.79 Å². The Morgan fingerprint density at radius 2 is 1.82 bits per heavy atom. The SMILES string of the molecule is CC(C)(C)OC(=O)N1C(=O)C(O)C(O)C1(C)C. The number of imide groups is 1. The number of aliphatic hydroxyl groups is 2. The quantitative estimate of drug-likeness (QED) is 0.639. The molecule has 1 aliphatic rings. The number of ether oxygens (including phenoxy) is 1. The van der Waals surface area contributed by atoms with Crippen LogP contribution in [0.2, 0.25) is 0 Å². The van der Waals surface area contributed by atoms with Crippen molar-refractivity contribution in [2.45, 2.75) is 58.0 Å². The van der Waals surface area contributed by atoms with E-state index in [0.717, 1.165) is 4.90 Å². The zero-order valence-corrected chi connectivity index (χ0v) is 10.7. The minimum absolute atomic E-state index is 0.744. The van der Waals surface area contributed by atoms with E-state index in [1.54, 1.807) is 20.8 Å². The van der Waals surface area contributed by atoms with E-state index in [4.69, 9.17) is 4.74 Å². The molecular weight excluding hydrogens is 226 g/mol. The minimum atomic E-state index is -1.59. The van der Waals surface area contributed by atoms with Gasteiger partial charge in [0.15, 0.2) is 6.10 Å². The molecule has 17 heavy (non-hydrogen) atoms. The van der Waals surface area contributed by atoms with Crippen molar-refractivity contribution in [3.05, 3.63) is 0 Å². The number of nitrogens with zero attached hydrogens (tertiary/aromatic N) is 1. The van der Waals surface area contributed by atoms with Gasteiger partial charge in [-0.25, -0.2) is 9.69 Å². The normalized spacial score (nSPS) is 28.4. The molecule has 98 valence electrons. The number of hydrogen-bond acceptors (Lipinski definition) is 5. The molecule has 2 unspecified atom stereocenters. The molecule has 2 N–H and O–H groups in total. The summed E-state index contributed by atoms with van der Waals surface area (Å²) in [5, 5.41) is 19.2. The van der Waals surface area contributed by atoms with Crippen molar-refractivity contribution < 1.29 is 24.5 Å². The van der Waals surface area contributed by atoms with E-state index in [1.807, 2.05) is 0 Å². The first-order valence-electron chi connectivity index (χ1n) is 5.41. The molecule has 2 atom stereocenters. The first-order chi connectivity index (χ1) is 7.48. The lowest BCUT2D eigenvalue weighted by atomic mass is 9.98. The van der Waals surface area contributed by atoms with Crippen LogP contribution < -0.4 is 0 Å². The van der Waals surface area contributed by atoms with Gasteiger partial charge in [-0.15, -0.1) is 0 Å². The van der Waals surface area contributed by atoms with Gasteiger partial charge in [-0.1, -0.05) is 0 Å². The molecule has 1 saturated heterocycles. The van der Waals surface area contributed by atoms with Crippen LogP contribution in [0.25, 0.3) is 0 Å². The smallest absolute Gasteiger partial charge is 0.417 e. The largest absolute Gasteiger partial charge is 0.443 e. The number of carbonyl (C=O) groups excluding carboxylic acids is 2. The van der Waals surface area contributed by atoms with Crippen LogP contribution in [0, 0.1) is 0 Å². The Morgan fingerprint density at radius 3 is 2.12 bits per heavy atom. The predicted molar refractivity (Wildman–Crippen MR) is 59.2 cm³/mol. The molecule has 0 saturated carbocycles. The summed E-state index contributed by atoms with van der Waals surface area (Å²) in [7, 11) is 0. The zero-order chi connectivity index (χ0) is 13.6. The fraction of sp³-hybridized carbons (Fsp3) is 0.818. The number of amides is 2. The van der Waals surface area contributed by atoms with Crippen molar-refractivity contribution in [3.8, 4) is 0 Å². The molecule has 1 rings (SSSR count). The van der Waals surface area contributed by atoms with Crippen molar-refractivity contribution in [1.29, 1.82) is 0 Å². The van der Waals surface area contributed by atoms with Crippen molar-refractivity contribution in [1.82, 2.24) is 4.90 Å². The van der Waals surface area contributed by atoms with Gasteiger partial charge in [0.05, 0.1) is 5.54 Å². The van der Waals surface area contributed by atoms with E-state index in [0.29, 0.717) is 0 Å². The van der Waals surface area contributed by atoms with Crippen LogP contribution in [-0.2, 0) is 9.53 Å². The summed E-state index contributed by atoms with van der Waals surface area (Å²) in [6.07, 6.45) is -3.76. The Hall–Kier alpha value is -1.14. The van der Waals surface area contributed by atoms with Gasteiger partial charge in [0, 0.05) is 0 Å². The first kappa shape index (κ1) is 13.9. The molecule has 0 radical (unpaired) electrons. The van der Waals surface area contributed by atoms with Gasteiger partial charge in [-0.3, -0.25) is 4.79 Å². The maximum Gasteiger partial charge on any atom is 0.417 e. The highest BCUT2D eigenvalue weighted by molar-refractivity contribution is 5.98. The van der Waals surface area contributed by atoms with Crippen LogP contribution in [0.3, 0.4) is 0 Å². The summed E-state index contributed by atoms with van der Waals surface area (Å²) < 4.78 is 5.07. The predicted octanol–water partition coefficient (Wildman–Crippen LogP) is 0.264. The summed E-state index contributed by atoms with van der Waals surface area (Å²) >= 11 is 0. The maximum atomic E-state index is 11.8. The third kappa shape index (κ3) is 2.42. The van der Waals surface area contributed by atoms with Crippen molar-refractivity contribution in [3.63, 3.8) is 0 Å². The average Bonchev–Trinajstić information content (AvgIpc) is 2.24. The number of carbonyl (C=O) groups is 2. The third-order valence-corrected chi connectivity index (χ3v) is 2.65. The molecule has 6 nitrogen and oxygen atoms in total. The molecule has 0 aromatic carbocycles. The van der Waals surface area contributed by atoms with Crippen molar-refractivity contribution >= 4 is 12.0 Å². The molecule has 0 aromatic heterocycles. The average molecular weight is 245 g/mol. The molecule has 0 aromatic rings. The fourth-order valence-corrected chi connectivity index (χ4v) is 1.70. The van der Waals surface area contributed by atoms with Crippen molar-refractivity contribution in [2.75, 3.05) is 0 Å². The number of rotatable bonds is 0. The van der Waals surface area contributed by atoms with E-state index >= 15 is 0 Å². The minimum Gasteiger partial charge on any atom is -0.443 e. The molecule has 6 heteroatoms. The second-order valence-corrected chi connectivity index (χ2v) is 5.70. The summed E-state index contributed by atoms with van der Waals surface area (Å²) in [5.41, 5.74) is -1.93. The number of likely N-dealkylation sites (tertiary alicyclic amines) is 1. The molecule has 2 amide bonds. The molecule has 1 heterocycles. The highest BCUT2D eigenvalue weighted by Crippen LogP contribution is 2.31. The summed E-state index contributed by atoms with van der Waals surface area (Å²) in [5.74, 6) is -0.836. The second kappa shape index (κ2) is 3.96. The molecular formula is C11H19NO5. The highest BCUT2D eigenvalue weighted by atomic mass is 16.6. The Bertz CT molecular complexity index is 344. The lowest BCUT2D eigenvalue weighted by Crippen LogP contribution is -2.51. The molecule has 0 spiro atoms. The van der Waals surface area contributed by atoms with Crippen LogP contribution in [0.1, 0.15) is 34.6 Å². The summed E-state index contributed by atoms with van der Waals surface area (Å²) in [6.45, 7) is 8.01. The summed E-state index contributed by atoms with van der Waals surface area (Å²) in [6, 6.07) is 0. The van der Waals surface area contributed by atoms with Crippen LogP contribution >= 0.6 is 0 Å². The summed E-state index contributed by atoms with van der Waals surface area (Å²) in [4.78, 5) is 24.3. The molecule has 0 aliphatic carbocycles.